The van der Waals surface area contributed by atoms with Gasteiger partial charge in [0.2, 0.25) is 7.37 Å². The molecule has 0 saturated carbocycles. The highest BCUT2D eigenvalue weighted by Crippen LogP contribution is 2.68. The van der Waals surface area contributed by atoms with Crippen LogP contribution >= 0.6 is 30.4 Å². The van der Waals surface area contributed by atoms with E-state index in [0.29, 0.717) is 0 Å². The first-order valence-electron chi connectivity index (χ1n) is 9.20. The highest BCUT2D eigenvalue weighted by Gasteiger charge is 2.46. The Balaban J connectivity index is 1.65. The minimum atomic E-state index is -5.51. The fourth-order valence-electron chi connectivity index (χ4n) is 3.18. The zero-order valence-electron chi connectivity index (χ0n) is 17.2. The molecule has 9 N–H and O–H groups in total. The fourth-order valence-corrected chi connectivity index (χ4v) is 11.5. The third kappa shape index (κ3) is 7.22. The van der Waals surface area contributed by atoms with Crippen LogP contribution in [0, 0.1) is 0 Å². The summed E-state index contributed by atoms with van der Waals surface area (Å²) in [5.74, 6) is -3.30. The molecule has 3 heterocycles. The minimum absolute atomic E-state index is 0.0370. The number of phosphoric acid groups is 1. The van der Waals surface area contributed by atoms with Gasteiger partial charge in [0.05, 0.1) is 12.9 Å². The van der Waals surface area contributed by atoms with E-state index in [1.54, 1.807) is 0 Å². The Labute approximate surface area is 195 Å². The minimum Gasteiger partial charge on any atom is -0.387 e. The van der Waals surface area contributed by atoms with E-state index in [1.165, 1.54) is 10.9 Å². The highest BCUT2D eigenvalue weighted by molar-refractivity contribution is 7.81. The van der Waals surface area contributed by atoms with Crippen LogP contribution in [0.5, 0.6) is 0 Å². The molecule has 2 aromatic heterocycles. The van der Waals surface area contributed by atoms with Crippen LogP contribution < -0.4 is 5.73 Å². The van der Waals surface area contributed by atoms with Crippen LogP contribution in [-0.2, 0) is 31.8 Å². The number of anilines is 1. The molecule has 19 nitrogen and oxygen atoms in total. The molecule has 1 fully saturated rings. The third-order valence-corrected chi connectivity index (χ3v) is 13.3. The van der Waals surface area contributed by atoms with Crippen molar-refractivity contribution >= 4 is 47.4 Å². The van der Waals surface area contributed by atoms with Crippen LogP contribution in [0.4, 0.5) is 5.82 Å². The SMILES string of the molecule is Nc1ncnc2c1ncn2[C@@H]1O[C@H](COP(=O)(O)CP(=O)(O)CP(=O)(O)OP(=O)(O)O)[C@@H](O)[C@H]1O. The predicted molar refractivity (Wildman–Crippen MR) is 114 cm³/mol. The summed E-state index contributed by atoms with van der Waals surface area (Å²) in [6.45, 7) is -0.873. The van der Waals surface area contributed by atoms with Crippen LogP contribution in [0.3, 0.4) is 0 Å². The van der Waals surface area contributed by atoms with Crippen molar-refractivity contribution in [3.8, 4) is 0 Å². The molecule has 0 aromatic carbocycles. The molecule has 35 heavy (non-hydrogen) atoms. The summed E-state index contributed by atoms with van der Waals surface area (Å²) < 4.78 is 61.7. The molecule has 1 aliphatic rings. The van der Waals surface area contributed by atoms with Gasteiger partial charge in [-0.3, -0.25) is 18.3 Å². The van der Waals surface area contributed by atoms with Gasteiger partial charge in [-0.25, -0.2) is 23.8 Å². The fraction of sp³-hybridized carbons (Fsp3) is 0.583. The van der Waals surface area contributed by atoms with Gasteiger partial charge >= 0.3 is 23.0 Å². The molecule has 0 aliphatic carbocycles. The number of hydrogen-bond donors (Lipinski definition) is 8. The standard InChI is InChI=1S/C12H21N5O14P4/c13-10-7-11(15-2-14-10)17(3-16-7)12-9(19)8(18)6(30-12)1-29-33(22,23)4-32(20,21)5-34(24,25)31-35(26,27)28/h2-3,6,8-9,12,18-19H,1,4-5H2,(H,20,21)(H,22,23)(H,24,25)(H2,13,14,15)(H2,26,27,28)/t6-,8-,9-,12-/m1/s1. The summed E-state index contributed by atoms with van der Waals surface area (Å²) in [5, 5.41) is 20.6. The number of nitrogens with two attached hydrogens (primary N) is 1. The van der Waals surface area contributed by atoms with Crippen LogP contribution in [0.1, 0.15) is 6.23 Å². The molecule has 1 aliphatic heterocycles. The number of ether oxygens (including phenoxy) is 1. The average molecular weight is 583 g/mol. The van der Waals surface area contributed by atoms with Gasteiger partial charge in [-0.05, 0) is 0 Å². The van der Waals surface area contributed by atoms with E-state index in [1.807, 2.05) is 0 Å². The number of hydrogen-bond acceptors (Lipinski definition) is 13. The van der Waals surface area contributed by atoms with Gasteiger partial charge in [0.25, 0.3) is 0 Å². The molecule has 3 rings (SSSR count). The molecule has 198 valence electrons. The summed E-state index contributed by atoms with van der Waals surface area (Å²) in [6, 6.07) is 0. The number of nitrogen functional groups attached to an aromatic ring is 1. The first-order chi connectivity index (χ1) is 15.9. The second-order valence-electron chi connectivity index (χ2n) is 7.40. The molecule has 0 amide bonds. The Morgan fingerprint density at radius 2 is 1.60 bits per heavy atom. The van der Waals surface area contributed by atoms with E-state index < -0.39 is 73.3 Å². The van der Waals surface area contributed by atoms with Crippen molar-refractivity contribution in [2.45, 2.75) is 24.5 Å². The van der Waals surface area contributed by atoms with Gasteiger partial charge in [-0.15, -0.1) is 0 Å². The Morgan fingerprint density at radius 3 is 2.23 bits per heavy atom. The van der Waals surface area contributed by atoms with E-state index in [4.69, 9.17) is 24.8 Å². The summed E-state index contributed by atoms with van der Waals surface area (Å²) in [7, 11) is -20.8. The number of nitrogens with zero attached hydrogens (tertiary/aromatic N) is 4. The topological polar surface area (TPSA) is 307 Å². The summed E-state index contributed by atoms with van der Waals surface area (Å²) in [6.07, 6.45) is -3.64. The molecule has 3 unspecified atom stereocenters. The molecule has 0 bridgehead atoms. The van der Waals surface area contributed by atoms with Crippen molar-refractivity contribution in [2.75, 3.05) is 24.1 Å². The van der Waals surface area contributed by atoms with Crippen molar-refractivity contribution in [3.05, 3.63) is 12.7 Å². The van der Waals surface area contributed by atoms with Gasteiger partial charge in [-0.2, -0.15) is 0 Å². The zero-order valence-corrected chi connectivity index (χ0v) is 20.8. The Morgan fingerprint density at radius 1 is 0.971 bits per heavy atom. The second kappa shape index (κ2) is 9.97. The zero-order chi connectivity index (χ0) is 26.4. The molecule has 0 radical (unpaired) electrons. The largest absolute Gasteiger partial charge is 0.476 e. The maximum atomic E-state index is 12.3. The van der Waals surface area contributed by atoms with Crippen molar-refractivity contribution in [1.82, 2.24) is 19.5 Å². The van der Waals surface area contributed by atoms with Crippen molar-refractivity contribution in [2.24, 2.45) is 0 Å². The highest BCUT2D eigenvalue weighted by atomic mass is 31.3. The first kappa shape index (κ1) is 28.4. The van der Waals surface area contributed by atoms with E-state index in [2.05, 4.69) is 19.3 Å². The predicted octanol–water partition coefficient (Wildman–Crippen LogP) is -1.29. The number of rotatable bonds is 10. The number of aliphatic hydroxyl groups excluding tert-OH is 2. The number of imidazole rings is 1. The van der Waals surface area contributed by atoms with Crippen LogP contribution in [0.15, 0.2) is 12.7 Å². The lowest BCUT2D eigenvalue weighted by Gasteiger charge is -2.21. The van der Waals surface area contributed by atoms with E-state index in [9.17, 15) is 43.2 Å². The normalized spacial score (nSPS) is 28.4. The molecule has 0 spiro atoms. The van der Waals surface area contributed by atoms with Crippen molar-refractivity contribution in [1.29, 1.82) is 0 Å². The molecule has 7 atom stereocenters. The first-order valence-corrected chi connectivity index (χ1v) is 16.3. The average Bonchev–Trinajstić information content (AvgIpc) is 3.19. The lowest BCUT2D eigenvalue weighted by molar-refractivity contribution is -0.0483. The van der Waals surface area contributed by atoms with E-state index in [0.717, 1.165) is 6.33 Å². The molecule has 1 saturated heterocycles. The van der Waals surface area contributed by atoms with Crippen LogP contribution in [0.25, 0.3) is 11.2 Å². The maximum Gasteiger partial charge on any atom is 0.476 e. The van der Waals surface area contributed by atoms with Gasteiger partial charge in [-0.1, -0.05) is 0 Å². The Kier molecular flexibility index (Phi) is 8.10. The molecular formula is C12H21N5O14P4. The number of aromatic nitrogens is 4. The van der Waals surface area contributed by atoms with Crippen LogP contribution in [0.2, 0.25) is 0 Å². The Bertz CT molecular complexity index is 1280. The third-order valence-electron chi connectivity index (χ3n) is 4.47. The van der Waals surface area contributed by atoms with Crippen LogP contribution in [-0.4, -0.2) is 90.9 Å². The summed E-state index contributed by atoms with van der Waals surface area (Å²) >= 11 is 0. The maximum absolute atomic E-state index is 12.3. The second-order valence-corrected chi connectivity index (χ2v) is 15.8. The number of aliphatic hydroxyl groups is 2. The molecule has 2 aromatic rings. The summed E-state index contributed by atoms with van der Waals surface area (Å²) in [4.78, 5) is 57.9. The molecular weight excluding hydrogens is 562 g/mol. The molecule has 23 heteroatoms. The lowest BCUT2D eigenvalue weighted by Crippen LogP contribution is -2.33. The van der Waals surface area contributed by atoms with E-state index >= 15 is 0 Å². The lowest BCUT2D eigenvalue weighted by atomic mass is 10.1. The van der Waals surface area contributed by atoms with Gasteiger partial charge < -0.3 is 49.7 Å². The number of fused-ring (bicyclic) bond motifs is 1. The monoisotopic (exact) mass is 583 g/mol. The van der Waals surface area contributed by atoms with E-state index in [-0.39, 0.29) is 17.0 Å². The van der Waals surface area contributed by atoms with Gasteiger partial charge in [0, 0.05) is 0 Å². The smallest absolute Gasteiger partial charge is 0.387 e. The summed E-state index contributed by atoms with van der Waals surface area (Å²) in [5.41, 5.74) is 6.02. The quantitative estimate of drug-likeness (QED) is 0.151. The van der Waals surface area contributed by atoms with Crippen molar-refractivity contribution < 1.29 is 66.5 Å². The Hall–Kier alpha value is -1.13. The van der Waals surface area contributed by atoms with Gasteiger partial charge in [0.1, 0.15) is 42.0 Å². The van der Waals surface area contributed by atoms with Crippen molar-refractivity contribution in [3.63, 3.8) is 0 Å². The van der Waals surface area contributed by atoms with Gasteiger partial charge in [0.15, 0.2) is 17.7 Å².